The molecule has 0 saturated heterocycles. The molecule has 0 heterocycles. The molecule has 4 nitrogen and oxygen atoms in total. The minimum atomic E-state index is -0.364. The Balaban J connectivity index is 2.63. The molecule has 0 aromatic carbocycles. The maximum absolute atomic E-state index is 12.4. The van der Waals surface area contributed by atoms with Crippen LogP contribution in [0.5, 0.6) is 0 Å². The molecule has 0 aliphatic heterocycles. The number of hydrogen-bond acceptors (Lipinski definition) is 3. The van der Waals surface area contributed by atoms with Crippen LogP contribution in [0.2, 0.25) is 0 Å². The van der Waals surface area contributed by atoms with E-state index in [4.69, 9.17) is 4.74 Å². The summed E-state index contributed by atoms with van der Waals surface area (Å²) in [5.41, 5.74) is -0.348. The van der Waals surface area contributed by atoms with Crippen molar-refractivity contribution in [1.82, 2.24) is 5.32 Å². The maximum Gasteiger partial charge on any atom is 0.325 e. The van der Waals surface area contributed by atoms with Crippen molar-refractivity contribution in [1.29, 1.82) is 0 Å². The zero-order valence-corrected chi connectivity index (χ0v) is 12.6. The predicted octanol–water partition coefficient (Wildman–Crippen LogP) is 2.52. The Morgan fingerprint density at radius 2 is 2.05 bits per heavy atom. The highest BCUT2D eigenvalue weighted by Crippen LogP contribution is 2.44. The third kappa shape index (κ3) is 3.95. The van der Waals surface area contributed by atoms with E-state index in [1.807, 2.05) is 6.92 Å². The van der Waals surface area contributed by atoms with Crippen LogP contribution in [0, 0.1) is 17.3 Å². The fourth-order valence-electron chi connectivity index (χ4n) is 3.28. The second kappa shape index (κ2) is 6.92. The van der Waals surface area contributed by atoms with Crippen molar-refractivity contribution in [3.63, 3.8) is 0 Å². The van der Waals surface area contributed by atoms with Gasteiger partial charge in [0.15, 0.2) is 0 Å². The number of ether oxygens (including phenoxy) is 1. The molecule has 1 rings (SSSR count). The van der Waals surface area contributed by atoms with E-state index in [-0.39, 0.29) is 23.8 Å². The van der Waals surface area contributed by atoms with Gasteiger partial charge < -0.3 is 10.1 Å². The largest absolute Gasteiger partial charge is 0.465 e. The highest BCUT2D eigenvalue weighted by atomic mass is 16.5. The number of esters is 1. The summed E-state index contributed by atoms with van der Waals surface area (Å²) in [6, 6.07) is 0. The van der Waals surface area contributed by atoms with E-state index in [1.165, 1.54) is 6.42 Å². The topological polar surface area (TPSA) is 55.4 Å². The first-order valence-corrected chi connectivity index (χ1v) is 7.35. The molecule has 4 heteroatoms. The number of rotatable bonds is 5. The van der Waals surface area contributed by atoms with Gasteiger partial charge in [-0.2, -0.15) is 0 Å². The normalized spacial score (nSPS) is 27.1. The molecule has 1 N–H and O–H groups in total. The van der Waals surface area contributed by atoms with Gasteiger partial charge in [0.2, 0.25) is 5.91 Å². The summed E-state index contributed by atoms with van der Waals surface area (Å²) in [4.78, 5) is 23.7. The smallest absolute Gasteiger partial charge is 0.325 e. The number of hydrogen-bond donors (Lipinski definition) is 1. The Hall–Kier alpha value is -1.06. The van der Waals surface area contributed by atoms with Crippen LogP contribution in [0.15, 0.2) is 0 Å². The standard InChI is InChI=1S/C15H27NO3/c1-5-19-13(17)10-16-14(18)15(4)9-7-6-8-12(15)11(2)3/h11-12H,5-10H2,1-4H3,(H,16,18). The second-order valence-electron chi connectivity index (χ2n) is 6.00. The number of nitrogens with one attached hydrogen (secondary N) is 1. The summed E-state index contributed by atoms with van der Waals surface area (Å²) in [6.45, 7) is 8.47. The summed E-state index contributed by atoms with van der Waals surface area (Å²) in [5, 5.41) is 2.75. The van der Waals surface area contributed by atoms with Crippen molar-refractivity contribution < 1.29 is 14.3 Å². The SMILES string of the molecule is CCOC(=O)CNC(=O)C1(C)CCCCC1C(C)C. The number of carbonyl (C=O) groups excluding carboxylic acids is 2. The van der Waals surface area contributed by atoms with E-state index in [9.17, 15) is 9.59 Å². The molecule has 1 aliphatic carbocycles. The van der Waals surface area contributed by atoms with Crippen LogP contribution in [-0.2, 0) is 14.3 Å². The molecule has 0 radical (unpaired) electrons. The van der Waals surface area contributed by atoms with Gasteiger partial charge in [0.05, 0.1) is 6.61 Å². The van der Waals surface area contributed by atoms with Crippen molar-refractivity contribution in [3.05, 3.63) is 0 Å². The summed E-state index contributed by atoms with van der Waals surface area (Å²) in [5.74, 6) is 0.511. The molecule has 0 bridgehead atoms. The molecule has 0 aromatic rings. The van der Waals surface area contributed by atoms with Gasteiger partial charge in [-0.25, -0.2) is 0 Å². The number of carbonyl (C=O) groups is 2. The third-order valence-corrected chi connectivity index (χ3v) is 4.30. The van der Waals surface area contributed by atoms with Crippen LogP contribution < -0.4 is 5.32 Å². The van der Waals surface area contributed by atoms with Gasteiger partial charge in [0, 0.05) is 5.41 Å². The highest BCUT2D eigenvalue weighted by molar-refractivity contribution is 5.86. The van der Waals surface area contributed by atoms with E-state index < -0.39 is 0 Å². The summed E-state index contributed by atoms with van der Waals surface area (Å²) >= 11 is 0. The molecule has 0 aromatic heterocycles. The van der Waals surface area contributed by atoms with Crippen molar-refractivity contribution in [2.75, 3.05) is 13.2 Å². The van der Waals surface area contributed by atoms with Gasteiger partial charge >= 0.3 is 5.97 Å². The van der Waals surface area contributed by atoms with Crippen molar-refractivity contribution >= 4 is 11.9 Å². The molecule has 2 unspecified atom stereocenters. The fraction of sp³-hybridized carbons (Fsp3) is 0.867. The van der Waals surface area contributed by atoms with Crippen LogP contribution in [0.3, 0.4) is 0 Å². The monoisotopic (exact) mass is 269 g/mol. The maximum atomic E-state index is 12.4. The molecule has 1 aliphatic rings. The zero-order chi connectivity index (χ0) is 14.5. The Labute approximate surface area is 116 Å². The Bertz CT molecular complexity index is 327. The van der Waals surface area contributed by atoms with Crippen molar-refractivity contribution in [2.24, 2.45) is 17.3 Å². The fourth-order valence-corrected chi connectivity index (χ4v) is 3.28. The lowest BCUT2D eigenvalue weighted by Gasteiger charge is -2.42. The lowest BCUT2D eigenvalue weighted by atomic mass is 9.63. The van der Waals surface area contributed by atoms with Gasteiger partial charge in [-0.15, -0.1) is 0 Å². The second-order valence-corrected chi connectivity index (χ2v) is 6.00. The van der Waals surface area contributed by atoms with Gasteiger partial charge in [0.1, 0.15) is 6.54 Å². The highest BCUT2D eigenvalue weighted by Gasteiger charge is 2.43. The van der Waals surface area contributed by atoms with Crippen molar-refractivity contribution in [3.8, 4) is 0 Å². The minimum absolute atomic E-state index is 0.000969. The van der Waals surface area contributed by atoms with Crippen LogP contribution >= 0.6 is 0 Å². The van der Waals surface area contributed by atoms with E-state index >= 15 is 0 Å². The van der Waals surface area contributed by atoms with E-state index in [0.29, 0.717) is 18.4 Å². The Morgan fingerprint density at radius 1 is 1.37 bits per heavy atom. The number of amides is 1. The zero-order valence-electron chi connectivity index (χ0n) is 12.6. The van der Waals surface area contributed by atoms with Crippen LogP contribution in [0.25, 0.3) is 0 Å². The predicted molar refractivity (Wildman–Crippen MR) is 74.5 cm³/mol. The molecular weight excluding hydrogens is 242 g/mol. The lowest BCUT2D eigenvalue weighted by Crippen LogP contribution is -2.48. The third-order valence-electron chi connectivity index (χ3n) is 4.30. The van der Waals surface area contributed by atoms with Crippen LogP contribution in [0.4, 0.5) is 0 Å². The van der Waals surface area contributed by atoms with Crippen molar-refractivity contribution in [2.45, 2.75) is 53.4 Å². The molecule has 19 heavy (non-hydrogen) atoms. The lowest BCUT2D eigenvalue weighted by molar-refractivity contribution is -0.146. The molecule has 110 valence electrons. The average molecular weight is 269 g/mol. The summed E-state index contributed by atoms with van der Waals surface area (Å²) in [7, 11) is 0. The molecule has 1 amide bonds. The first kappa shape index (κ1) is 16.0. The van der Waals surface area contributed by atoms with E-state index in [2.05, 4.69) is 19.2 Å². The van der Waals surface area contributed by atoms with Gasteiger partial charge in [-0.05, 0) is 31.6 Å². The summed E-state index contributed by atoms with van der Waals surface area (Å²) < 4.78 is 4.83. The first-order valence-electron chi connectivity index (χ1n) is 7.35. The van der Waals surface area contributed by atoms with E-state index in [0.717, 1.165) is 19.3 Å². The minimum Gasteiger partial charge on any atom is -0.465 e. The van der Waals surface area contributed by atoms with Gasteiger partial charge in [-0.1, -0.05) is 33.6 Å². The van der Waals surface area contributed by atoms with E-state index in [1.54, 1.807) is 6.92 Å². The van der Waals surface area contributed by atoms with Gasteiger partial charge in [0.25, 0.3) is 0 Å². The molecule has 1 saturated carbocycles. The van der Waals surface area contributed by atoms with Crippen LogP contribution in [0.1, 0.15) is 53.4 Å². The quantitative estimate of drug-likeness (QED) is 0.780. The average Bonchev–Trinajstić information content (AvgIpc) is 2.36. The molecular formula is C15H27NO3. The first-order chi connectivity index (χ1) is 8.91. The summed E-state index contributed by atoms with van der Waals surface area (Å²) in [6.07, 6.45) is 4.29. The molecule has 0 spiro atoms. The Kier molecular flexibility index (Phi) is 5.83. The van der Waals surface area contributed by atoms with Gasteiger partial charge in [-0.3, -0.25) is 9.59 Å². The van der Waals surface area contributed by atoms with Crippen LogP contribution in [-0.4, -0.2) is 25.0 Å². The Morgan fingerprint density at radius 3 is 2.63 bits per heavy atom. The molecule has 2 atom stereocenters. The molecule has 1 fully saturated rings.